The highest BCUT2D eigenvalue weighted by Gasteiger charge is 2.32. The van der Waals surface area contributed by atoms with Crippen molar-refractivity contribution < 1.29 is 4.21 Å². The Kier molecular flexibility index (Phi) is 4.77. The van der Waals surface area contributed by atoms with Crippen LogP contribution >= 0.6 is 0 Å². The maximum Gasteiger partial charge on any atom is 0.104 e. The molecule has 0 amide bonds. The van der Waals surface area contributed by atoms with Crippen LogP contribution in [0, 0.1) is 11.3 Å². The zero-order chi connectivity index (χ0) is 13.0. The van der Waals surface area contributed by atoms with Crippen molar-refractivity contribution in [3.05, 3.63) is 0 Å². The Morgan fingerprint density at radius 1 is 1.44 bits per heavy atom. The summed E-state index contributed by atoms with van der Waals surface area (Å²) in [6.45, 7) is 4.94. The molecule has 1 aliphatic heterocycles. The van der Waals surface area contributed by atoms with Crippen LogP contribution in [-0.2, 0) is 10.8 Å². The maximum absolute atomic E-state index is 11.2. The van der Waals surface area contributed by atoms with Crippen molar-refractivity contribution >= 4 is 10.8 Å². The first-order valence-corrected chi connectivity index (χ1v) is 8.36. The van der Waals surface area contributed by atoms with Crippen LogP contribution in [0.5, 0.6) is 0 Å². The van der Waals surface area contributed by atoms with Gasteiger partial charge in [-0.2, -0.15) is 5.26 Å². The van der Waals surface area contributed by atoms with Gasteiger partial charge in [0.05, 0.1) is 6.07 Å². The van der Waals surface area contributed by atoms with Crippen LogP contribution in [0.2, 0.25) is 0 Å². The first-order valence-electron chi connectivity index (χ1n) is 6.88. The molecule has 1 atom stereocenters. The highest BCUT2D eigenvalue weighted by atomic mass is 32.2. The quantitative estimate of drug-likeness (QED) is 0.777. The van der Waals surface area contributed by atoms with E-state index in [9.17, 15) is 9.47 Å². The van der Waals surface area contributed by atoms with Gasteiger partial charge in [-0.05, 0) is 39.2 Å². The molecule has 0 aromatic carbocycles. The van der Waals surface area contributed by atoms with E-state index in [1.54, 1.807) is 0 Å². The highest BCUT2D eigenvalue weighted by molar-refractivity contribution is 7.85. The van der Waals surface area contributed by atoms with Crippen molar-refractivity contribution in [3.63, 3.8) is 0 Å². The third-order valence-electron chi connectivity index (χ3n) is 3.77. The molecule has 0 bridgehead atoms. The van der Waals surface area contributed by atoms with Gasteiger partial charge in [0.25, 0.3) is 0 Å². The average Bonchev–Trinajstić information content (AvgIpc) is 3.15. The molecule has 5 heteroatoms. The third kappa shape index (κ3) is 4.34. The van der Waals surface area contributed by atoms with Crippen molar-refractivity contribution in [2.24, 2.45) is 0 Å². The van der Waals surface area contributed by atoms with Crippen LogP contribution in [0.4, 0.5) is 0 Å². The molecular formula is C13H23N3OS. The van der Waals surface area contributed by atoms with Crippen LogP contribution in [0.15, 0.2) is 0 Å². The standard InChI is InChI=1S/C13H23N3OS/c1-13(11-14,15-12-3-4-12)5-2-6-16-7-9-18(17)10-8-16/h12,15H,2-10H2,1H3. The van der Waals surface area contributed by atoms with Gasteiger partial charge in [-0.1, -0.05) is 0 Å². The zero-order valence-corrected chi connectivity index (χ0v) is 12.0. The molecule has 102 valence electrons. The number of hydrogen-bond acceptors (Lipinski definition) is 4. The number of nitriles is 1. The fourth-order valence-electron chi connectivity index (χ4n) is 2.39. The minimum atomic E-state index is -0.591. The van der Waals surface area contributed by atoms with Crippen LogP contribution in [0.25, 0.3) is 0 Å². The molecule has 0 spiro atoms. The van der Waals surface area contributed by atoms with E-state index >= 15 is 0 Å². The van der Waals surface area contributed by atoms with Crippen LogP contribution < -0.4 is 5.32 Å². The number of nitrogens with zero attached hydrogens (tertiary/aromatic N) is 2. The van der Waals surface area contributed by atoms with Gasteiger partial charge in [-0.3, -0.25) is 9.53 Å². The Balaban J connectivity index is 1.67. The van der Waals surface area contributed by atoms with Gasteiger partial charge in [0.2, 0.25) is 0 Å². The molecule has 4 nitrogen and oxygen atoms in total. The fraction of sp³-hybridized carbons (Fsp3) is 0.923. The second kappa shape index (κ2) is 6.14. The monoisotopic (exact) mass is 269 g/mol. The van der Waals surface area contributed by atoms with Crippen molar-refractivity contribution in [1.82, 2.24) is 10.2 Å². The molecule has 2 aliphatic rings. The number of hydrogen-bond donors (Lipinski definition) is 1. The summed E-state index contributed by atoms with van der Waals surface area (Å²) in [4.78, 5) is 2.37. The van der Waals surface area contributed by atoms with Gasteiger partial charge in [-0.25, -0.2) is 0 Å². The second-order valence-electron chi connectivity index (χ2n) is 5.66. The topological polar surface area (TPSA) is 56.1 Å². The third-order valence-corrected chi connectivity index (χ3v) is 5.04. The lowest BCUT2D eigenvalue weighted by Crippen LogP contribution is -2.43. The summed E-state index contributed by atoms with van der Waals surface area (Å²) in [5.41, 5.74) is -0.361. The second-order valence-corrected chi connectivity index (χ2v) is 7.35. The van der Waals surface area contributed by atoms with E-state index in [2.05, 4.69) is 16.3 Å². The fourth-order valence-corrected chi connectivity index (χ4v) is 3.52. The minimum Gasteiger partial charge on any atom is -0.302 e. The Morgan fingerprint density at radius 3 is 2.67 bits per heavy atom. The molecular weight excluding hydrogens is 246 g/mol. The molecule has 18 heavy (non-hydrogen) atoms. The van der Waals surface area contributed by atoms with Gasteiger partial charge < -0.3 is 4.90 Å². The summed E-state index contributed by atoms with van der Waals surface area (Å²) < 4.78 is 11.2. The molecule has 2 fully saturated rings. The van der Waals surface area contributed by atoms with Crippen LogP contribution in [-0.4, -0.2) is 51.8 Å². The Hall–Kier alpha value is -0.440. The van der Waals surface area contributed by atoms with Crippen molar-refractivity contribution in [2.75, 3.05) is 31.1 Å². The van der Waals surface area contributed by atoms with Gasteiger partial charge in [0.15, 0.2) is 0 Å². The van der Waals surface area contributed by atoms with Gasteiger partial charge in [0, 0.05) is 41.4 Å². The highest BCUT2D eigenvalue weighted by Crippen LogP contribution is 2.24. The summed E-state index contributed by atoms with van der Waals surface area (Å²) >= 11 is 0. The van der Waals surface area contributed by atoms with Gasteiger partial charge in [-0.15, -0.1) is 0 Å². The maximum atomic E-state index is 11.2. The minimum absolute atomic E-state index is 0.361. The lowest BCUT2D eigenvalue weighted by atomic mass is 9.97. The first kappa shape index (κ1) is 14.0. The molecule has 1 aliphatic carbocycles. The summed E-state index contributed by atoms with van der Waals surface area (Å²) in [5.74, 6) is 1.63. The Morgan fingerprint density at radius 2 is 2.11 bits per heavy atom. The van der Waals surface area contributed by atoms with Crippen molar-refractivity contribution in [2.45, 2.75) is 44.2 Å². The Labute approximate surface area is 112 Å². The van der Waals surface area contributed by atoms with E-state index in [4.69, 9.17) is 0 Å². The van der Waals surface area contributed by atoms with Crippen LogP contribution in [0.3, 0.4) is 0 Å². The van der Waals surface area contributed by atoms with E-state index in [0.717, 1.165) is 44.0 Å². The largest absolute Gasteiger partial charge is 0.302 e. The lowest BCUT2D eigenvalue weighted by molar-refractivity contribution is 0.277. The molecule has 0 radical (unpaired) electrons. The predicted octanol–water partition coefficient (Wildman–Crippen LogP) is 0.865. The van der Waals surface area contributed by atoms with Crippen molar-refractivity contribution in [3.8, 4) is 6.07 Å². The lowest BCUT2D eigenvalue weighted by Gasteiger charge is -2.28. The number of nitrogens with one attached hydrogen (secondary N) is 1. The summed E-state index contributed by atoms with van der Waals surface area (Å²) in [5, 5.41) is 12.7. The molecule has 1 unspecified atom stereocenters. The molecule has 1 saturated carbocycles. The predicted molar refractivity (Wildman–Crippen MR) is 73.7 cm³/mol. The molecule has 2 rings (SSSR count). The summed E-state index contributed by atoms with van der Waals surface area (Å²) in [6, 6.07) is 2.99. The molecule has 0 aromatic heterocycles. The molecule has 0 aromatic rings. The molecule has 1 N–H and O–H groups in total. The van der Waals surface area contributed by atoms with Gasteiger partial charge in [0.1, 0.15) is 5.54 Å². The Bertz CT molecular complexity index is 341. The van der Waals surface area contributed by atoms with Crippen molar-refractivity contribution in [1.29, 1.82) is 5.26 Å². The molecule has 1 heterocycles. The van der Waals surface area contributed by atoms with E-state index < -0.39 is 10.8 Å². The smallest absolute Gasteiger partial charge is 0.104 e. The molecule has 1 saturated heterocycles. The van der Waals surface area contributed by atoms with E-state index in [1.165, 1.54) is 12.8 Å². The van der Waals surface area contributed by atoms with E-state index in [1.807, 2.05) is 6.92 Å². The average molecular weight is 269 g/mol. The van der Waals surface area contributed by atoms with E-state index in [-0.39, 0.29) is 5.54 Å². The summed E-state index contributed by atoms with van der Waals surface area (Å²) in [6.07, 6.45) is 4.38. The van der Waals surface area contributed by atoms with Gasteiger partial charge >= 0.3 is 0 Å². The summed E-state index contributed by atoms with van der Waals surface area (Å²) in [7, 11) is -0.591. The normalized spacial score (nSPS) is 25.6. The first-order chi connectivity index (χ1) is 8.61. The SMILES string of the molecule is CC(C#N)(CCCN1CCS(=O)CC1)NC1CC1. The number of rotatable bonds is 6. The van der Waals surface area contributed by atoms with E-state index in [0.29, 0.717) is 6.04 Å². The zero-order valence-electron chi connectivity index (χ0n) is 11.2. The van der Waals surface area contributed by atoms with Crippen LogP contribution in [0.1, 0.15) is 32.6 Å².